The van der Waals surface area contributed by atoms with Crippen LogP contribution in [0.25, 0.3) is 10.2 Å². The van der Waals surface area contributed by atoms with Crippen molar-refractivity contribution in [2.24, 2.45) is 0 Å². The van der Waals surface area contributed by atoms with Crippen molar-refractivity contribution in [1.82, 2.24) is 10.4 Å². The predicted octanol–water partition coefficient (Wildman–Crippen LogP) is 4.08. The van der Waals surface area contributed by atoms with Crippen molar-refractivity contribution in [2.45, 2.75) is 11.8 Å². The molecule has 1 aromatic heterocycles. The lowest BCUT2D eigenvalue weighted by atomic mass is 10.2. The number of hydrazine groups is 1. The van der Waals surface area contributed by atoms with Crippen LogP contribution in [0.4, 0.5) is 5.13 Å². The Kier molecular flexibility index (Phi) is 4.31. The number of amides is 1. The Bertz CT molecular complexity index is 812. The number of nitrogens with one attached hydrogen (secondary N) is 2. The van der Waals surface area contributed by atoms with E-state index in [1.807, 2.05) is 49.6 Å². The van der Waals surface area contributed by atoms with Crippen molar-refractivity contribution in [1.29, 1.82) is 0 Å². The Hall–Kier alpha value is -2.05. The van der Waals surface area contributed by atoms with Crippen LogP contribution in [-0.2, 0) is 0 Å². The Morgan fingerprint density at radius 3 is 2.68 bits per heavy atom. The summed E-state index contributed by atoms with van der Waals surface area (Å²) in [6.07, 6.45) is 2.01. The van der Waals surface area contributed by atoms with Crippen LogP contribution in [0, 0.1) is 6.92 Å². The quantitative estimate of drug-likeness (QED) is 0.559. The number of hydrogen-bond donors (Lipinski definition) is 2. The molecule has 0 radical (unpaired) electrons. The number of thiazole rings is 1. The third-order valence-electron chi connectivity index (χ3n) is 3.18. The molecule has 0 aliphatic rings. The zero-order chi connectivity index (χ0) is 15.5. The van der Waals surface area contributed by atoms with Crippen LogP contribution in [0.3, 0.4) is 0 Å². The van der Waals surface area contributed by atoms with Crippen LogP contribution in [0.1, 0.15) is 15.9 Å². The zero-order valence-corrected chi connectivity index (χ0v) is 13.8. The predicted molar refractivity (Wildman–Crippen MR) is 93.7 cm³/mol. The van der Waals surface area contributed by atoms with Crippen molar-refractivity contribution in [2.75, 3.05) is 11.7 Å². The number of thioether (sulfide) groups is 1. The van der Waals surface area contributed by atoms with Crippen molar-refractivity contribution in [3.8, 4) is 0 Å². The van der Waals surface area contributed by atoms with Crippen LogP contribution in [-0.4, -0.2) is 17.1 Å². The average molecular weight is 329 g/mol. The van der Waals surface area contributed by atoms with Gasteiger partial charge in [0.1, 0.15) is 0 Å². The number of aromatic nitrogens is 1. The minimum absolute atomic E-state index is 0.178. The molecule has 2 N–H and O–H groups in total. The second-order valence-corrected chi connectivity index (χ2v) is 6.71. The Morgan fingerprint density at radius 2 is 1.95 bits per heavy atom. The molecule has 2 aromatic carbocycles. The summed E-state index contributed by atoms with van der Waals surface area (Å²) in [7, 11) is 0. The molecule has 0 unspecified atom stereocenters. The van der Waals surface area contributed by atoms with E-state index in [9.17, 15) is 4.79 Å². The van der Waals surface area contributed by atoms with Crippen LogP contribution < -0.4 is 10.9 Å². The molecule has 0 bridgehead atoms. The van der Waals surface area contributed by atoms with Gasteiger partial charge in [-0.2, -0.15) is 0 Å². The molecular formula is C16H15N3OS2. The minimum atomic E-state index is -0.178. The molecule has 0 aliphatic carbocycles. The summed E-state index contributed by atoms with van der Waals surface area (Å²) >= 11 is 3.16. The van der Waals surface area contributed by atoms with E-state index in [2.05, 4.69) is 21.9 Å². The van der Waals surface area contributed by atoms with E-state index < -0.39 is 0 Å². The number of aryl methyl sites for hydroxylation is 1. The van der Waals surface area contributed by atoms with Gasteiger partial charge in [0.05, 0.1) is 10.2 Å². The second-order valence-electron chi connectivity index (χ2n) is 4.80. The largest absolute Gasteiger partial charge is 0.273 e. The minimum Gasteiger partial charge on any atom is -0.273 e. The first kappa shape index (κ1) is 14.9. The van der Waals surface area contributed by atoms with Crippen molar-refractivity contribution in [3.63, 3.8) is 0 Å². The van der Waals surface area contributed by atoms with Gasteiger partial charge >= 0.3 is 0 Å². The first-order valence-corrected chi connectivity index (χ1v) is 8.77. The maximum absolute atomic E-state index is 12.1. The summed E-state index contributed by atoms with van der Waals surface area (Å²) in [6.45, 7) is 2.05. The number of anilines is 1. The summed E-state index contributed by atoms with van der Waals surface area (Å²) in [4.78, 5) is 17.7. The highest BCUT2D eigenvalue weighted by molar-refractivity contribution is 7.98. The van der Waals surface area contributed by atoms with E-state index in [-0.39, 0.29) is 5.91 Å². The lowest BCUT2D eigenvalue weighted by molar-refractivity contribution is 0.0962. The maximum atomic E-state index is 12.1. The molecule has 0 spiro atoms. The zero-order valence-electron chi connectivity index (χ0n) is 12.2. The van der Waals surface area contributed by atoms with E-state index >= 15 is 0 Å². The smallest absolute Gasteiger partial charge is 0.269 e. The normalized spacial score (nSPS) is 10.6. The molecule has 0 atom stereocenters. The third kappa shape index (κ3) is 3.23. The second kappa shape index (κ2) is 6.37. The molecule has 0 aliphatic heterocycles. The summed E-state index contributed by atoms with van der Waals surface area (Å²) in [5, 5.41) is 0.676. The Balaban J connectivity index is 1.68. The van der Waals surface area contributed by atoms with Crippen LogP contribution >= 0.6 is 23.1 Å². The summed E-state index contributed by atoms with van der Waals surface area (Å²) in [6, 6.07) is 13.6. The van der Waals surface area contributed by atoms with Gasteiger partial charge in [-0.25, -0.2) is 4.98 Å². The van der Waals surface area contributed by atoms with Gasteiger partial charge in [0.2, 0.25) is 5.13 Å². The molecule has 0 saturated carbocycles. The molecular weight excluding hydrogens is 314 g/mol. The van der Waals surface area contributed by atoms with E-state index in [1.165, 1.54) is 16.9 Å². The highest BCUT2D eigenvalue weighted by Gasteiger charge is 2.07. The number of rotatable bonds is 4. The van der Waals surface area contributed by atoms with Gasteiger partial charge in [0, 0.05) is 10.5 Å². The van der Waals surface area contributed by atoms with Crippen LogP contribution in [0.15, 0.2) is 47.4 Å². The van der Waals surface area contributed by atoms with Gasteiger partial charge in [0.15, 0.2) is 0 Å². The number of nitrogens with zero attached hydrogens (tertiary/aromatic N) is 1. The van der Waals surface area contributed by atoms with Gasteiger partial charge in [-0.15, -0.1) is 11.8 Å². The number of carbonyl (C=O) groups excluding carboxylic acids is 1. The molecule has 3 aromatic rings. The van der Waals surface area contributed by atoms with Gasteiger partial charge in [-0.3, -0.25) is 15.6 Å². The molecule has 0 saturated heterocycles. The summed E-state index contributed by atoms with van der Waals surface area (Å²) in [5.41, 5.74) is 8.30. The van der Waals surface area contributed by atoms with Crippen molar-refractivity contribution >= 4 is 44.4 Å². The highest BCUT2D eigenvalue weighted by Crippen LogP contribution is 2.26. The molecule has 3 rings (SSSR count). The van der Waals surface area contributed by atoms with Gasteiger partial charge in [-0.05, 0) is 55.1 Å². The molecule has 6 heteroatoms. The van der Waals surface area contributed by atoms with E-state index in [1.54, 1.807) is 11.8 Å². The summed E-state index contributed by atoms with van der Waals surface area (Å²) in [5.74, 6) is -0.178. The summed E-state index contributed by atoms with van der Waals surface area (Å²) < 4.78 is 1.10. The molecule has 1 heterocycles. The molecule has 0 fully saturated rings. The average Bonchev–Trinajstić information content (AvgIpc) is 2.94. The molecule has 1 amide bonds. The lowest BCUT2D eigenvalue weighted by Gasteiger charge is -2.05. The van der Waals surface area contributed by atoms with E-state index in [4.69, 9.17) is 0 Å². The number of hydrogen-bond acceptors (Lipinski definition) is 5. The first-order chi connectivity index (χ1) is 10.7. The number of fused-ring (bicyclic) bond motifs is 1. The Morgan fingerprint density at radius 1 is 1.18 bits per heavy atom. The van der Waals surface area contributed by atoms with Crippen LogP contribution in [0.5, 0.6) is 0 Å². The fraction of sp³-hybridized carbons (Fsp3) is 0.125. The molecule has 4 nitrogen and oxygen atoms in total. The molecule has 112 valence electrons. The fourth-order valence-corrected chi connectivity index (χ4v) is 3.34. The van der Waals surface area contributed by atoms with E-state index in [0.29, 0.717) is 10.7 Å². The van der Waals surface area contributed by atoms with Gasteiger partial charge in [-0.1, -0.05) is 17.4 Å². The molecule has 22 heavy (non-hydrogen) atoms. The van der Waals surface area contributed by atoms with Crippen molar-refractivity contribution in [3.05, 3.63) is 53.6 Å². The Labute approximate surface area is 136 Å². The van der Waals surface area contributed by atoms with Crippen LogP contribution in [0.2, 0.25) is 0 Å². The SMILES string of the molecule is CSc1ccc(C(=O)NNc2nc3ccc(C)cc3s2)cc1. The van der Waals surface area contributed by atoms with Gasteiger partial charge < -0.3 is 0 Å². The van der Waals surface area contributed by atoms with E-state index in [0.717, 1.165) is 15.1 Å². The monoisotopic (exact) mass is 329 g/mol. The highest BCUT2D eigenvalue weighted by atomic mass is 32.2. The first-order valence-electron chi connectivity index (χ1n) is 6.73. The number of carbonyl (C=O) groups is 1. The lowest BCUT2D eigenvalue weighted by Crippen LogP contribution is -2.29. The number of benzene rings is 2. The maximum Gasteiger partial charge on any atom is 0.269 e. The third-order valence-corrected chi connectivity index (χ3v) is 4.86. The standard InChI is InChI=1S/C16H15N3OS2/c1-10-3-8-13-14(9-10)22-16(17-13)19-18-15(20)11-4-6-12(21-2)7-5-11/h3-9H,1-2H3,(H,17,19)(H,18,20). The topological polar surface area (TPSA) is 54.0 Å². The van der Waals surface area contributed by atoms with Gasteiger partial charge in [0.25, 0.3) is 5.91 Å². The fourth-order valence-electron chi connectivity index (χ4n) is 2.01. The van der Waals surface area contributed by atoms with Crippen molar-refractivity contribution < 1.29 is 4.79 Å².